The molecule has 0 amide bonds. The third-order valence-electron chi connectivity index (χ3n) is 19.1. The monoisotopic (exact) mass is 1410 g/mol. The highest BCUT2D eigenvalue weighted by Gasteiger charge is 2.58. The van der Waals surface area contributed by atoms with Gasteiger partial charge < -0.3 is 89.1 Å². The van der Waals surface area contributed by atoms with Crippen LogP contribution in [0.4, 0.5) is 0 Å². The Hall–Kier alpha value is -2.04. The van der Waals surface area contributed by atoms with Crippen LogP contribution in [0.1, 0.15) is 310 Å². The zero-order chi connectivity index (χ0) is 71.1. The number of aliphatic hydroxyl groups excluding tert-OH is 10. The van der Waals surface area contributed by atoms with Crippen LogP contribution in [0.15, 0.2) is 0 Å². The average Bonchev–Trinajstić information content (AvgIpc) is 0.768. The maximum atomic E-state index is 14.3. The first-order chi connectivity index (χ1) is 46.8. The van der Waals surface area contributed by atoms with E-state index in [1.807, 2.05) is 0 Å². The van der Waals surface area contributed by atoms with Crippen LogP contribution >= 0.6 is 7.82 Å². The lowest BCUT2D eigenvalue weighted by Gasteiger charge is -2.49. The van der Waals surface area contributed by atoms with E-state index < -0.39 is 156 Å². The molecule has 11 N–H and O–H groups in total. The molecule has 97 heavy (non-hydrogen) atoms. The van der Waals surface area contributed by atoms with Crippen LogP contribution in [0.3, 0.4) is 0 Å². The Morgan fingerprint density at radius 1 is 0.361 bits per heavy atom. The van der Waals surface area contributed by atoms with E-state index in [0.29, 0.717) is 19.3 Å². The number of esters is 3. The minimum Gasteiger partial charge on any atom is -0.463 e. The van der Waals surface area contributed by atoms with Crippen molar-refractivity contribution >= 4 is 25.7 Å². The van der Waals surface area contributed by atoms with Crippen molar-refractivity contribution < 1.29 is 117 Å². The van der Waals surface area contributed by atoms with Gasteiger partial charge in [0.15, 0.2) is 18.7 Å². The van der Waals surface area contributed by atoms with Gasteiger partial charge in [-0.05, 0) is 19.3 Å². The summed E-state index contributed by atoms with van der Waals surface area (Å²) in [5.41, 5.74) is 0. The molecule has 2 saturated heterocycles. The minimum absolute atomic E-state index is 0.0326. The van der Waals surface area contributed by atoms with E-state index in [2.05, 4.69) is 20.8 Å². The number of rotatable bonds is 60. The molecule has 0 aromatic carbocycles. The van der Waals surface area contributed by atoms with Crippen LogP contribution in [-0.2, 0) is 61.2 Å². The number of hydrogen-bond donors (Lipinski definition) is 11. The van der Waals surface area contributed by atoms with Crippen LogP contribution in [0.2, 0.25) is 0 Å². The molecule has 0 radical (unpaired) electrons. The SMILES string of the molecule is CCCCCCCCCCCCCCCCCCCC(=O)OC(COC(=O)CCCCCCCCCCCCCCCC)COP(=O)(O)OC1C(OC2OC(CO)C(O)C(O)C2O)C(O)C(O)C(O)C1OC1OC(COC(=O)CCCCCCCCCCCCC)C(O)C(O)C1O. The van der Waals surface area contributed by atoms with Gasteiger partial charge in [0.1, 0.15) is 98.7 Å². The topological polar surface area (TPSA) is 374 Å². The lowest BCUT2D eigenvalue weighted by atomic mass is 9.84. The van der Waals surface area contributed by atoms with E-state index in [9.17, 15) is 74.9 Å². The summed E-state index contributed by atoms with van der Waals surface area (Å²) in [5.74, 6) is -1.97. The molecule has 18 unspecified atom stereocenters. The van der Waals surface area contributed by atoms with Gasteiger partial charge in [-0.3, -0.25) is 23.4 Å². The van der Waals surface area contributed by atoms with Crippen molar-refractivity contribution in [3.8, 4) is 0 Å². The van der Waals surface area contributed by atoms with Crippen molar-refractivity contribution in [2.75, 3.05) is 26.4 Å². The highest BCUT2D eigenvalue weighted by molar-refractivity contribution is 7.47. The smallest absolute Gasteiger partial charge is 0.463 e. The molecule has 2 aliphatic heterocycles. The fourth-order valence-corrected chi connectivity index (χ4v) is 13.8. The third kappa shape index (κ3) is 37.8. The van der Waals surface area contributed by atoms with Crippen LogP contribution in [-0.4, -0.2) is 204 Å². The lowest BCUT2D eigenvalue weighted by Crippen LogP contribution is -2.69. The number of ether oxygens (including phenoxy) is 7. The van der Waals surface area contributed by atoms with E-state index in [1.54, 1.807) is 0 Å². The molecule has 25 heteroatoms. The Labute approximate surface area is 580 Å². The molecule has 572 valence electrons. The molecule has 0 spiro atoms. The lowest BCUT2D eigenvalue weighted by molar-refractivity contribution is -0.360. The van der Waals surface area contributed by atoms with Gasteiger partial charge in [-0.25, -0.2) is 4.57 Å². The third-order valence-corrected chi connectivity index (χ3v) is 20.1. The molecule has 2 heterocycles. The predicted molar refractivity (Wildman–Crippen MR) is 365 cm³/mol. The molecule has 3 aliphatic rings. The van der Waals surface area contributed by atoms with Crippen LogP contribution in [0.5, 0.6) is 0 Å². The van der Waals surface area contributed by atoms with Crippen molar-refractivity contribution in [3.63, 3.8) is 0 Å². The molecule has 1 saturated carbocycles. The Kier molecular flexibility index (Phi) is 50.2. The maximum Gasteiger partial charge on any atom is 0.472 e. The molecule has 0 bridgehead atoms. The average molecular weight is 1420 g/mol. The molecular formula is C72H135O24P. The van der Waals surface area contributed by atoms with E-state index in [-0.39, 0.29) is 19.3 Å². The number of carbonyl (C=O) groups is 3. The summed E-state index contributed by atoms with van der Waals surface area (Å²) in [7, 11) is -5.69. The number of hydrogen-bond acceptors (Lipinski definition) is 23. The first-order valence-corrected chi connectivity index (χ1v) is 39.8. The second-order valence-electron chi connectivity index (χ2n) is 27.7. The summed E-state index contributed by atoms with van der Waals surface area (Å²) in [6.07, 6.45) is 11.7. The van der Waals surface area contributed by atoms with E-state index in [4.69, 9.17) is 42.2 Å². The Morgan fingerprint density at radius 2 is 0.660 bits per heavy atom. The van der Waals surface area contributed by atoms with E-state index in [1.165, 1.54) is 161 Å². The minimum atomic E-state index is -5.69. The molecule has 24 nitrogen and oxygen atoms in total. The van der Waals surface area contributed by atoms with Crippen molar-refractivity contribution in [1.82, 2.24) is 0 Å². The van der Waals surface area contributed by atoms with Crippen molar-refractivity contribution in [2.24, 2.45) is 0 Å². The largest absolute Gasteiger partial charge is 0.472 e. The summed E-state index contributed by atoms with van der Waals surface area (Å²) in [6.45, 7) is 3.46. The molecule has 3 rings (SSSR count). The van der Waals surface area contributed by atoms with Gasteiger partial charge >= 0.3 is 25.7 Å². The van der Waals surface area contributed by atoms with Gasteiger partial charge in [0.05, 0.1) is 13.2 Å². The first kappa shape index (κ1) is 89.2. The molecule has 3 fully saturated rings. The van der Waals surface area contributed by atoms with Crippen molar-refractivity contribution in [3.05, 3.63) is 0 Å². The quantitative estimate of drug-likeness (QED) is 0.0117. The molecule has 0 aromatic heterocycles. The Balaban J connectivity index is 1.73. The zero-order valence-electron chi connectivity index (χ0n) is 59.6. The highest BCUT2D eigenvalue weighted by Crippen LogP contribution is 2.49. The maximum absolute atomic E-state index is 14.3. The van der Waals surface area contributed by atoms with Gasteiger partial charge in [-0.1, -0.05) is 271 Å². The second kappa shape index (κ2) is 54.6. The summed E-state index contributed by atoms with van der Waals surface area (Å²) in [6, 6.07) is 0. The standard InChI is InChI=1S/C72H135O24P/c1-4-7-10-13-16-19-22-24-26-27-28-30-33-36-39-42-45-48-58(76)91-53(50-88-56(74)46-43-40-37-35-32-29-25-23-20-17-14-11-8-5-2)51-90-97(86,87)96-70-68(94-71-66(84)61(79)59(77)54(49-73)92-71)64(82)63(81)65(83)69(70)95-72-67(85)62(80)60(78)55(93-72)52-89-57(75)47-44-41-38-34-31-21-18-15-12-9-6-3/h53-55,59-73,77-85H,4-52H2,1-3H3,(H,86,87). The number of carbonyl (C=O) groups excluding carboxylic acids is 3. The summed E-state index contributed by atoms with van der Waals surface area (Å²) < 4.78 is 65.0. The summed E-state index contributed by atoms with van der Waals surface area (Å²) >= 11 is 0. The fourth-order valence-electron chi connectivity index (χ4n) is 12.9. The summed E-state index contributed by atoms with van der Waals surface area (Å²) in [4.78, 5) is 51.0. The fraction of sp³-hybridized carbons (Fsp3) is 0.958. The Bertz CT molecular complexity index is 2010. The molecule has 1 aliphatic carbocycles. The van der Waals surface area contributed by atoms with Gasteiger partial charge in [0.2, 0.25) is 0 Å². The van der Waals surface area contributed by atoms with Crippen LogP contribution < -0.4 is 0 Å². The van der Waals surface area contributed by atoms with Crippen LogP contribution in [0.25, 0.3) is 0 Å². The first-order valence-electron chi connectivity index (χ1n) is 38.3. The number of phosphoric acid groups is 1. The predicted octanol–water partition coefficient (Wildman–Crippen LogP) is 10.6. The number of aliphatic hydroxyl groups is 10. The van der Waals surface area contributed by atoms with Gasteiger partial charge in [0, 0.05) is 19.3 Å². The van der Waals surface area contributed by atoms with Crippen molar-refractivity contribution in [1.29, 1.82) is 0 Å². The van der Waals surface area contributed by atoms with E-state index >= 15 is 0 Å². The Morgan fingerprint density at radius 3 is 1.01 bits per heavy atom. The highest BCUT2D eigenvalue weighted by atomic mass is 31.2. The number of phosphoric ester groups is 1. The normalized spacial score (nSPS) is 27.7. The molecule has 0 aromatic rings. The number of unbranched alkanes of at least 4 members (excludes halogenated alkanes) is 39. The van der Waals surface area contributed by atoms with Crippen molar-refractivity contribution in [2.45, 2.75) is 414 Å². The van der Waals surface area contributed by atoms with Gasteiger partial charge in [0.25, 0.3) is 0 Å². The second-order valence-corrected chi connectivity index (χ2v) is 29.1. The van der Waals surface area contributed by atoms with Crippen LogP contribution in [0, 0.1) is 0 Å². The molecular weight excluding hydrogens is 1280 g/mol. The molecule has 18 atom stereocenters. The van der Waals surface area contributed by atoms with Gasteiger partial charge in [-0.2, -0.15) is 0 Å². The van der Waals surface area contributed by atoms with E-state index in [0.717, 1.165) is 89.9 Å². The van der Waals surface area contributed by atoms with Gasteiger partial charge in [-0.15, -0.1) is 0 Å². The zero-order valence-corrected chi connectivity index (χ0v) is 60.5. The summed E-state index contributed by atoms with van der Waals surface area (Å²) in [5, 5.41) is 110.